The highest BCUT2D eigenvalue weighted by atomic mass is 15.2. The molecule has 0 bridgehead atoms. The standard InChI is InChI=1S/C11H18N4/c1-8-4-3-5-15(9(8)2)11-7-13-6-10(12)14-11/h6-9H,3-5H2,1-2H3,(H2,12,14). The Morgan fingerprint density at radius 3 is 2.93 bits per heavy atom. The Kier molecular flexibility index (Phi) is 2.75. The lowest BCUT2D eigenvalue weighted by atomic mass is 9.92. The summed E-state index contributed by atoms with van der Waals surface area (Å²) < 4.78 is 0. The fourth-order valence-corrected chi connectivity index (χ4v) is 2.17. The third kappa shape index (κ3) is 2.03. The Labute approximate surface area is 90.5 Å². The van der Waals surface area contributed by atoms with Crippen LogP contribution in [0.5, 0.6) is 0 Å². The van der Waals surface area contributed by atoms with Crippen LogP contribution in [0.4, 0.5) is 11.6 Å². The summed E-state index contributed by atoms with van der Waals surface area (Å²) in [7, 11) is 0. The molecular formula is C11H18N4. The van der Waals surface area contributed by atoms with Gasteiger partial charge in [-0.15, -0.1) is 0 Å². The molecule has 82 valence electrons. The van der Waals surface area contributed by atoms with E-state index in [9.17, 15) is 0 Å². The van der Waals surface area contributed by atoms with Gasteiger partial charge in [0.25, 0.3) is 0 Å². The molecule has 0 saturated carbocycles. The Balaban J connectivity index is 2.22. The number of hydrogen-bond donors (Lipinski definition) is 1. The van der Waals surface area contributed by atoms with Gasteiger partial charge in [0.1, 0.15) is 11.6 Å². The minimum atomic E-state index is 0.498. The molecule has 1 aliphatic heterocycles. The zero-order valence-electron chi connectivity index (χ0n) is 9.35. The van der Waals surface area contributed by atoms with Crippen molar-refractivity contribution in [1.82, 2.24) is 9.97 Å². The lowest BCUT2D eigenvalue weighted by Gasteiger charge is -2.38. The average molecular weight is 206 g/mol. The highest BCUT2D eigenvalue weighted by Crippen LogP contribution is 2.26. The third-order valence-corrected chi connectivity index (χ3v) is 3.31. The summed E-state index contributed by atoms with van der Waals surface area (Å²) in [6.45, 7) is 5.59. The molecule has 0 spiro atoms. The second-order valence-corrected chi connectivity index (χ2v) is 4.36. The molecule has 4 heteroatoms. The van der Waals surface area contributed by atoms with Crippen molar-refractivity contribution in [2.75, 3.05) is 17.2 Å². The van der Waals surface area contributed by atoms with E-state index in [1.807, 2.05) is 0 Å². The van der Waals surface area contributed by atoms with Gasteiger partial charge in [-0.3, -0.25) is 4.98 Å². The maximum atomic E-state index is 5.65. The summed E-state index contributed by atoms with van der Waals surface area (Å²) in [6, 6.07) is 0.523. The van der Waals surface area contributed by atoms with Gasteiger partial charge < -0.3 is 10.6 Å². The molecular weight excluding hydrogens is 188 g/mol. The van der Waals surface area contributed by atoms with Crippen LogP contribution in [0.3, 0.4) is 0 Å². The van der Waals surface area contributed by atoms with Gasteiger partial charge in [0.2, 0.25) is 0 Å². The third-order valence-electron chi connectivity index (χ3n) is 3.31. The van der Waals surface area contributed by atoms with E-state index in [-0.39, 0.29) is 0 Å². The Bertz CT molecular complexity index is 339. The van der Waals surface area contributed by atoms with Gasteiger partial charge in [0.05, 0.1) is 12.4 Å². The Morgan fingerprint density at radius 2 is 2.20 bits per heavy atom. The second-order valence-electron chi connectivity index (χ2n) is 4.36. The van der Waals surface area contributed by atoms with Gasteiger partial charge in [0.15, 0.2) is 0 Å². The van der Waals surface area contributed by atoms with Crippen molar-refractivity contribution in [2.45, 2.75) is 32.7 Å². The van der Waals surface area contributed by atoms with Crippen LogP contribution in [0.2, 0.25) is 0 Å². The van der Waals surface area contributed by atoms with Crippen LogP contribution in [0, 0.1) is 5.92 Å². The van der Waals surface area contributed by atoms with Gasteiger partial charge in [-0.25, -0.2) is 4.98 Å². The lowest BCUT2D eigenvalue weighted by Crippen LogP contribution is -2.43. The number of piperidine rings is 1. The summed E-state index contributed by atoms with van der Waals surface area (Å²) in [5.74, 6) is 2.12. The van der Waals surface area contributed by atoms with Gasteiger partial charge >= 0.3 is 0 Å². The maximum Gasteiger partial charge on any atom is 0.149 e. The molecule has 0 aromatic carbocycles. The quantitative estimate of drug-likeness (QED) is 0.759. The molecule has 0 aliphatic carbocycles. The summed E-state index contributed by atoms with van der Waals surface area (Å²) in [5.41, 5.74) is 5.65. The first-order valence-corrected chi connectivity index (χ1v) is 5.52. The SMILES string of the molecule is CC1CCCN(c2cncc(N)n2)C1C. The molecule has 2 atom stereocenters. The number of anilines is 2. The molecule has 1 aliphatic rings. The molecule has 1 saturated heterocycles. The van der Waals surface area contributed by atoms with Crippen molar-refractivity contribution >= 4 is 11.6 Å². The minimum absolute atomic E-state index is 0.498. The number of nitrogens with two attached hydrogens (primary N) is 1. The molecule has 4 nitrogen and oxygen atoms in total. The van der Waals surface area contributed by atoms with Crippen molar-refractivity contribution in [3.05, 3.63) is 12.4 Å². The normalized spacial score (nSPS) is 26.7. The van der Waals surface area contributed by atoms with Crippen LogP contribution >= 0.6 is 0 Å². The second kappa shape index (κ2) is 4.04. The molecule has 1 fully saturated rings. The smallest absolute Gasteiger partial charge is 0.149 e. The average Bonchev–Trinajstić information content (AvgIpc) is 2.22. The van der Waals surface area contributed by atoms with E-state index < -0.39 is 0 Å². The van der Waals surface area contributed by atoms with Gasteiger partial charge in [-0.05, 0) is 25.7 Å². The van der Waals surface area contributed by atoms with Crippen LogP contribution < -0.4 is 10.6 Å². The van der Waals surface area contributed by atoms with Crippen LogP contribution in [0.25, 0.3) is 0 Å². The number of rotatable bonds is 1. The van der Waals surface area contributed by atoms with E-state index in [0.29, 0.717) is 17.8 Å². The predicted octanol–water partition coefficient (Wildman–Crippen LogP) is 1.68. The van der Waals surface area contributed by atoms with E-state index >= 15 is 0 Å². The monoisotopic (exact) mass is 206 g/mol. The number of nitrogens with zero attached hydrogens (tertiary/aromatic N) is 3. The predicted molar refractivity (Wildman–Crippen MR) is 61.7 cm³/mol. The number of aromatic nitrogens is 2. The van der Waals surface area contributed by atoms with Crippen LogP contribution in [-0.2, 0) is 0 Å². The van der Waals surface area contributed by atoms with E-state index in [1.54, 1.807) is 12.4 Å². The number of hydrogen-bond acceptors (Lipinski definition) is 4. The van der Waals surface area contributed by atoms with Gasteiger partial charge in [-0.2, -0.15) is 0 Å². The Morgan fingerprint density at radius 1 is 1.40 bits per heavy atom. The van der Waals surface area contributed by atoms with Crippen molar-refractivity contribution in [3.8, 4) is 0 Å². The molecule has 2 rings (SSSR count). The molecule has 15 heavy (non-hydrogen) atoms. The lowest BCUT2D eigenvalue weighted by molar-refractivity contribution is 0.361. The van der Waals surface area contributed by atoms with Crippen LogP contribution in [0.15, 0.2) is 12.4 Å². The van der Waals surface area contributed by atoms with E-state index in [1.165, 1.54) is 12.8 Å². The zero-order chi connectivity index (χ0) is 10.8. The molecule has 1 aromatic rings. The summed E-state index contributed by atoms with van der Waals surface area (Å²) in [5, 5.41) is 0. The van der Waals surface area contributed by atoms with Gasteiger partial charge in [0, 0.05) is 12.6 Å². The Hall–Kier alpha value is -1.32. The van der Waals surface area contributed by atoms with E-state index in [2.05, 4.69) is 28.7 Å². The van der Waals surface area contributed by atoms with Crippen molar-refractivity contribution in [2.24, 2.45) is 5.92 Å². The fourth-order valence-electron chi connectivity index (χ4n) is 2.17. The molecule has 0 radical (unpaired) electrons. The minimum Gasteiger partial charge on any atom is -0.382 e. The maximum absolute atomic E-state index is 5.65. The van der Waals surface area contributed by atoms with Crippen molar-refractivity contribution in [1.29, 1.82) is 0 Å². The zero-order valence-corrected chi connectivity index (χ0v) is 9.35. The number of nitrogen functional groups attached to an aromatic ring is 1. The first kappa shape index (κ1) is 10.2. The summed E-state index contributed by atoms with van der Waals surface area (Å²) in [4.78, 5) is 10.7. The molecule has 1 aromatic heterocycles. The van der Waals surface area contributed by atoms with Crippen LogP contribution in [-0.4, -0.2) is 22.6 Å². The molecule has 2 N–H and O–H groups in total. The highest BCUT2D eigenvalue weighted by molar-refractivity contribution is 5.42. The van der Waals surface area contributed by atoms with Crippen LogP contribution in [0.1, 0.15) is 26.7 Å². The van der Waals surface area contributed by atoms with Crippen molar-refractivity contribution < 1.29 is 0 Å². The molecule has 0 amide bonds. The van der Waals surface area contributed by atoms with E-state index in [4.69, 9.17) is 5.73 Å². The fraction of sp³-hybridized carbons (Fsp3) is 0.636. The molecule has 2 heterocycles. The topological polar surface area (TPSA) is 55.0 Å². The largest absolute Gasteiger partial charge is 0.382 e. The molecule has 2 unspecified atom stereocenters. The first-order chi connectivity index (χ1) is 7.18. The summed E-state index contributed by atoms with van der Waals surface area (Å²) >= 11 is 0. The highest BCUT2D eigenvalue weighted by Gasteiger charge is 2.25. The van der Waals surface area contributed by atoms with E-state index in [0.717, 1.165) is 12.4 Å². The van der Waals surface area contributed by atoms with Crippen molar-refractivity contribution in [3.63, 3.8) is 0 Å². The first-order valence-electron chi connectivity index (χ1n) is 5.52. The summed E-state index contributed by atoms with van der Waals surface area (Å²) in [6.07, 6.45) is 5.90. The van der Waals surface area contributed by atoms with Gasteiger partial charge in [-0.1, -0.05) is 6.92 Å².